The van der Waals surface area contributed by atoms with Crippen molar-refractivity contribution in [2.45, 2.75) is 57.8 Å². The van der Waals surface area contributed by atoms with E-state index in [0.717, 1.165) is 19.3 Å². The van der Waals surface area contributed by atoms with Crippen molar-refractivity contribution in [2.24, 2.45) is 5.41 Å². The van der Waals surface area contributed by atoms with Gasteiger partial charge in [-0.05, 0) is 24.7 Å². The maximum absolute atomic E-state index is 9.92. The van der Waals surface area contributed by atoms with Gasteiger partial charge in [0.2, 0.25) is 0 Å². The molecule has 0 aromatic rings. The average Bonchev–Trinajstić information content (AvgIpc) is 2.74. The molecule has 2 fully saturated rings. The van der Waals surface area contributed by atoms with E-state index in [-0.39, 0.29) is 23.2 Å². The lowest BCUT2D eigenvalue weighted by atomic mass is 9.70. The van der Waals surface area contributed by atoms with Gasteiger partial charge in [-0.15, -0.1) is 0 Å². The quantitative estimate of drug-likeness (QED) is 0.608. The van der Waals surface area contributed by atoms with Crippen LogP contribution in [0.2, 0.25) is 0 Å². The Morgan fingerprint density at radius 3 is 2.67 bits per heavy atom. The van der Waals surface area contributed by atoms with Crippen LogP contribution in [0.15, 0.2) is 0 Å². The van der Waals surface area contributed by atoms with E-state index in [2.05, 4.69) is 20.8 Å². The average molecular weight is 170 g/mol. The fourth-order valence-electron chi connectivity index (χ4n) is 2.32. The Balaban J connectivity index is 2.13. The van der Waals surface area contributed by atoms with Gasteiger partial charge >= 0.3 is 0 Å². The summed E-state index contributed by atoms with van der Waals surface area (Å²) in [5.74, 6) is 0. The number of ether oxygens (including phenoxy) is 1. The van der Waals surface area contributed by atoms with Crippen molar-refractivity contribution in [3.63, 3.8) is 0 Å². The lowest BCUT2D eigenvalue weighted by Crippen LogP contribution is -2.42. The van der Waals surface area contributed by atoms with Gasteiger partial charge in [0.15, 0.2) is 0 Å². The summed E-state index contributed by atoms with van der Waals surface area (Å²) in [5.41, 5.74) is 0.120. The summed E-state index contributed by atoms with van der Waals surface area (Å²) >= 11 is 0. The summed E-state index contributed by atoms with van der Waals surface area (Å²) in [6.07, 6.45) is 3.12. The van der Waals surface area contributed by atoms with Crippen molar-refractivity contribution in [1.29, 1.82) is 0 Å². The fourth-order valence-corrected chi connectivity index (χ4v) is 2.32. The highest BCUT2D eigenvalue weighted by molar-refractivity contribution is 5.12. The first-order chi connectivity index (χ1) is 5.52. The minimum atomic E-state index is -0.258. The van der Waals surface area contributed by atoms with Crippen LogP contribution in [-0.2, 0) is 4.74 Å². The second-order valence-corrected chi connectivity index (χ2v) is 4.89. The molecule has 70 valence electrons. The molecule has 0 aromatic heterocycles. The van der Waals surface area contributed by atoms with Crippen molar-refractivity contribution in [3.8, 4) is 0 Å². The summed E-state index contributed by atoms with van der Waals surface area (Å²) in [5, 5.41) is 9.92. The Bertz CT molecular complexity index is 200. The van der Waals surface area contributed by atoms with Gasteiger partial charge in [0, 0.05) is 0 Å². The molecule has 1 N–H and O–H groups in total. The maximum Gasteiger partial charge on any atom is 0.114 e. The van der Waals surface area contributed by atoms with Crippen LogP contribution < -0.4 is 0 Å². The van der Waals surface area contributed by atoms with Crippen LogP contribution in [0.5, 0.6) is 0 Å². The monoisotopic (exact) mass is 170 g/mol. The highest BCUT2D eigenvalue weighted by Crippen LogP contribution is 2.55. The zero-order valence-electron chi connectivity index (χ0n) is 8.13. The molecule has 12 heavy (non-hydrogen) atoms. The zero-order valence-corrected chi connectivity index (χ0v) is 8.13. The second kappa shape index (κ2) is 2.24. The number of rotatable bonds is 1. The molecule has 1 saturated carbocycles. The minimum absolute atomic E-state index is 0.0554. The van der Waals surface area contributed by atoms with Gasteiger partial charge in [0.05, 0.1) is 11.7 Å². The van der Waals surface area contributed by atoms with Crippen LogP contribution in [0.1, 0.15) is 40.0 Å². The van der Waals surface area contributed by atoms with E-state index < -0.39 is 0 Å². The molecule has 1 aliphatic heterocycles. The van der Waals surface area contributed by atoms with Gasteiger partial charge in [-0.2, -0.15) is 0 Å². The highest BCUT2D eigenvalue weighted by atomic mass is 16.6. The molecule has 0 aromatic carbocycles. The van der Waals surface area contributed by atoms with E-state index in [9.17, 15) is 5.11 Å². The molecule has 1 saturated heterocycles. The molecular weight excluding hydrogens is 152 g/mol. The van der Waals surface area contributed by atoms with Crippen LogP contribution in [-0.4, -0.2) is 22.9 Å². The summed E-state index contributed by atoms with van der Waals surface area (Å²) in [6, 6.07) is 0. The van der Waals surface area contributed by atoms with Crippen molar-refractivity contribution in [3.05, 3.63) is 0 Å². The fraction of sp³-hybridized carbons (Fsp3) is 1.00. The van der Waals surface area contributed by atoms with E-state index in [4.69, 9.17) is 4.74 Å². The van der Waals surface area contributed by atoms with Crippen LogP contribution in [0.25, 0.3) is 0 Å². The van der Waals surface area contributed by atoms with E-state index in [1.165, 1.54) is 0 Å². The topological polar surface area (TPSA) is 32.8 Å². The smallest absolute Gasteiger partial charge is 0.114 e. The molecule has 0 radical (unpaired) electrons. The molecule has 0 bridgehead atoms. The first-order valence-corrected chi connectivity index (χ1v) is 4.88. The normalized spacial score (nSPS) is 50.0. The van der Waals surface area contributed by atoms with Crippen LogP contribution in [0.4, 0.5) is 0 Å². The summed E-state index contributed by atoms with van der Waals surface area (Å²) in [6.45, 7) is 6.39. The summed E-state index contributed by atoms with van der Waals surface area (Å²) < 4.78 is 5.61. The van der Waals surface area contributed by atoms with Crippen molar-refractivity contribution >= 4 is 0 Å². The van der Waals surface area contributed by atoms with Crippen molar-refractivity contribution < 1.29 is 9.84 Å². The number of aliphatic hydroxyl groups is 1. The second-order valence-electron chi connectivity index (χ2n) is 4.89. The first kappa shape index (κ1) is 8.52. The van der Waals surface area contributed by atoms with Gasteiger partial charge in [0.25, 0.3) is 0 Å². The molecule has 1 heterocycles. The molecule has 0 spiro atoms. The summed E-state index contributed by atoms with van der Waals surface area (Å²) in [7, 11) is 0. The Kier molecular flexibility index (Phi) is 1.59. The van der Waals surface area contributed by atoms with Gasteiger partial charge in [-0.1, -0.05) is 20.8 Å². The van der Waals surface area contributed by atoms with Crippen molar-refractivity contribution in [2.75, 3.05) is 0 Å². The highest BCUT2D eigenvalue weighted by Gasteiger charge is 2.64. The lowest BCUT2D eigenvalue weighted by molar-refractivity contribution is 0.0121. The maximum atomic E-state index is 9.92. The van der Waals surface area contributed by atoms with Crippen LogP contribution in [0.3, 0.4) is 0 Å². The predicted molar refractivity (Wildman–Crippen MR) is 46.9 cm³/mol. The van der Waals surface area contributed by atoms with Crippen molar-refractivity contribution in [1.82, 2.24) is 0 Å². The number of epoxide rings is 1. The molecule has 3 atom stereocenters. The van der Waals surface area contributed by atoms with Gasteiger partial charge < -0.3 is 9.84 Å². The van der Waals surface area contributed by atoms with E-state index >= 15 is 0 Å². The molecule has 0 amide bonds. The Morgan fingerprint density at radius 2 is 2.08 bits per heavy atom. The van der Waals surface area contributed by atoms with E-state index in [1.807, 2.05) is 0 Å². The molecule has 2 aliphatic rings. The van der Waals surface area contributed by atoms with Gasteiger partial charge in [-0.3, -0.25) is 0 Å². The molecule has 2 rings (SSSR count). The molecule has 1 aliphatic carbocycles. The number of hydrogen-bond donors (Lipinski definition) is 1. The third-order valence-electron chi connectivity index (χ3n) is 3.70. The minimum Gasteiger partial charge on any atom is -0.390 e. The predicted octanol–water partition coefficient (Wildman–Crippen LogP) is 1.71. The lowest BCUT2D eigenvalue weighted by Gasteiger charge is -2.35. The standard InChI is InChI=1S/C10H18O2/c1-4-10-6-5-9(2,3)7(11)8(10)12-10/h7-8,11H,4-6H2,1-3H3. The van der Waals surface area contributed by atoms with Gasteiger partial charge in [-0.25, -0.2) is 0 Å². The van der Waals surface area contributed by atoms with E-state index in [1.54, 1.807) is 0 Å². The van der Waals surface area contributed by atoms with Crippen LogP contribution in [0, 0.1) is 5.41 Å². The zero-order chi connectivity index (χ0) is 8.98. The third-order valence-corrected chi connectivity index (χ3v) is 3.70. The Labute approximate surface area is 73.9 Å². The molecule has 2 heteroatoms. The SMILES string of the molecule is CCC12CCC(C)(C)C(O)C1O2. The molecule has 2 nitrogen and oxygen atoms in total. The Morgan fingerprint density at radius 1 is 1.42 bits per heavy atom. The largest absolute Gasteiger partial charge is 0.390 e. The van der Waals surface area contributed by atoms with E-state index in [0.29, 0.717) is 0 Å². The third kappa shape index (κ3) is 0.944. The summed E-state index contributed by atoms with van der Waals surface area (Å²) in [4.78, 5) is 0. The number of aliphatic hydroxyl groups excluding tert-OH is 1. The van der Waals surface area contributed by atoms with Crippen LogP contribution >= 0.6 is 0 Å². The molecular formula is C10H18O2. The molecule has 3 unspecified atom stereocenters. The number of fused-ring (bicyclic) bond motifs is 1. The first-order valence-electron chi connectivity index (χ1n) is 4.88. The number of hydrogen-bond acceptors (Lipinski definition) is 2. The van der Waals surface area contributed by atoms with Gasteiger partial charge in [0.1, 0.15) is 6.10 Å². The Hall–Kier alpha value is -0.0800.